The lowest BCUT2D eigenvalue weighted by molar-refractivity contribution is 0.402. The summed E-state index contributed by atoms with van der Waals surface area (Å²) >= 11 is 0. The van der Waals surface area contributed by atoms with Gasteiger partial charge >= 0.3 is 0 Å². The summed E-state index contributed by atoms with van der Waals surface area (Å²) in [4.78, 5) is 7.83. The van der Waals surface area contributed by atoms with Crippen molar-refractivity contribution in [2.24, 2.45) is 7.05 Å². The topological polar surface area (TPSA) is 91.7 Å². The number of aromatic nitrogens is 5. The summed E-state index contributed by atoms with van der Waals surface area (Å²) in [5, 5.41) is 7.61. The maximum Gasteiger partial charge on any atom is 0.248 e. The Labute approximate surface area is 73.5 Å². The van der Waals surface area contributed by atoms with Gasteiger partial charge in [-0.15, -0.1) is 5.10 Å². The molecule has 2 N–H and O–H groups in total. The summed E-state index contributed by atoms with van der Waals surface area (Å²) in [5.41, 5.74) is 6.53. The van der Waals surface area contributed by atoms with E-state index in [1.54, 1.807) is 7.05 Å². The molecule has 0 saturated heterocycles. The summed E-state index contributed by atoms with van der Waals surface area (Å²) in [6, 6.07) is 0. The van der Waals surface area contributed by atoms with Crippen molar-refractivity contribution in [3.63, 3.8) is 0 Å². The molecule has 7 heteroatoms. The van der Waals surface area contributed by atoms with Crippen LogP contribution in [0.1, 0.15) is 0 Å². The molecule has 2 aromatic rings. The van der Waals surface area contributed by atoms with Gasteiger partial charge in [0.25, 0.3) is 0 Å². The standard InChI is InChI=1S/C6H8N6O/c1-12-4-3(10-11-12)5(13-2)9-6(7)8-4/h1-2H3,(H2,7,8,9). The van der Waals surface area contributed by atoms with Crippen LogP contribution < -0.4 is 10.5 Å². The van der Waals surface area contributed by atoms with Crippen LogP contribution in [0.2, 0.25) is 0 Å². The number of nitrogen functional groups attached to an aromatic ring is 1. The number of aryl methyl sites for hydroxylation is 1. The molecule has 0 spiro atoms. The van der Waals surface area contributed by atoms with Crippen LogP contribution in [-0.4, -0.2) is 32.1 Å². The Hall–Kier alpha value is -1.92. The smallest absolute Gasteiger partial charge is 0.248 e. The van der Waals surface area contributed by atoms with Gasteiger partial charge in [-0.3, -0.25) is 0 Å². The molecule has 0 bridgehead atoms. The molecule has 0 radical (unpaired) electrons. The van der Waals surface area contributed by atoms with Crippen LogP contribution in [0.4, 0.5) is 5.95 Å². The number of hydrogen-bond donors (Lipinski definition) is 1. The first kappa shape index (κ1) is 7.71. The van der Waals surface area contributed by atoms with E-state index in [2.05, 4.69) is 20.3 Å². The van der Waals surface area contributed by atoms with Crippen LogP contribution in [-0.2, 0) is 7.05 Å². The van der Waals surface area contributed by atoms with Gasteiger partial charge in [0, 0.05) is 7.05 Å². The van der Waals surface area contributed by atoms with Gasteiger partial charge in [-0.05, 0) is 0 Å². The predicted octanol–water partition coefficient (Wildman–Crippen LogP) is -0.651. The highest BCUT2D eigenvalue weighted by atomic mass is 16.5. The van der Waals surface area contributed by atoms with Gasteiger partial charge in [0.1, 0.15) is 0 Å². The van der Waals surface area contributed by atoms with Crippen LogP contribution >= 0.6 is 0 Å². The fourth-order valence-electron chi connectivity index (χ4n) is 1.05. The summed E-state index contributed by atoms with van der Waals surface area (Å²) in [6.45, 7) is 0. The van der Waals surface area contributed by atoms with Crippen LogP contribution in [0, 0.1) is 0 Å². The van der Waals surface area contributed by atoms with E-state index in [1.807, 2.05) is 0 Å². The van der Waals surface area contributed by atoms with Crippen molar-refractivity contribution in [1.82, 2.24) is 25.0 Å². The molecular formula is C6H8N6O. The molecule has 7 nitrogen and oxygen atoms in total. The first-order valence-electron chi connectivity index (χ1n) is 3.59. The lowest BCUT2D eigenvalue weighted by Gasteiger charge is -1.99. The van der Waals surface area contributed by atoms with E-state index < -0.39 is 0 Å². The highest BCUT2D eigenvalue weighted by Gasteiger charge is 2.11. The number of methoxy groups -OCH3 is 1. The minimum absolute atomic E-state index is 0.148. The third-order valence-electron chi connectivity index (χ3n) is 1.63. The number of nitrogens with two attached hydrogens (primary N) is 1. The van der Waals surface area contributed by atoms with Gasteiger partial charge in [-0.2, -0.15) is 9.97 Å². The van der Waals surface area contributed by atoms with E-state index in [1.165, 1.54) is 11.8 Å². The van der Waals surface area contributed by atoms with Gasteiger partial charge in [0.15, 0.2) is 11.2 Å². The Kier molecular flexibility index (Phi) is 1.51. The number of fused-ring (bicyclic) bond motifs is 1. The molecular weight excluding hydrogens is 172 g/mol. The van der Waals surface area contributed by atoms with E-state index in [0.29, 0.717) is 17.0 Å². The van der Waals surface area contributed by atoms with Crippen molar-refractivity contribution in [2.45, 2.75) is 0 Å². The van der Waals surface area contributed by atoms with Crippen molar-refractivity contribution in [1.29, 1.82) is 0 Å². The van der Waals surface area contributed by atoms with Crippen molar-refractivity contribution < 1.29 is 4.74 Å². The van der Waals surface area contributed by atoms with Crippen LogP contribution in [0.3, 0.4) is 0 Å². The second kappa shape index (κ2) is 2.54. The molecule has 2 heterocycles. The molecule has 0 saturated carbocycles. The molecule has 0 aliphatic carbocycles. The minimum Gasteiger partial charge on any atom is -0.479 e. The number of anilines is 1. The van der Waals surface area contributed by atoms with Crippen molar-refractivity contribution in [3.8, 4) is 5.88 Å². The summed E-state index contributed by atoms with van der Waals surface area (Å²) < 4.78 is 6.48. The first-order chi connectivity index (χ1) is 6.22. The molecule has 2 rings (SSSR count). The Bertz CT molecular complexity index is 450. The van der Waals surface area contributed by atoms with Gasteiger partial charge in [0.05, 0.1) is 7.11 Å². The normalized spacial score (nSPS) is 10.6. The third-order valence-corrected chi connectivity index (χ3v) is 1.63. The average Bonchev–Trinajstić information content (AvgIpc) is 2.47. The fourth-order valence-corrected chi connectivity index (χ4v) is 1.05. The Morgan fingerprint density at radius 1 is 1.38 bits per heavy atom. The second-order valence-electron chi connectivity index (χ2n) is 2.48. The molecule has 0 atom stereocenters. The van der Waals surface area contributed by atoms with Gasteiger partial charge in [-0.1, -0.05) is 5.21 Å². The molecule has 0 aliphatic rings. The van der Waals surface area contributed by atoms with Crippen molar-refractivity contribution in [3.05, 3.63) is 0 Å². The Balaban J connectivity index is 2.84. The zero-order valence-corrected chi connectivity index (χ0v) is 7.22. The lowest BCUT2D eigenvalue weighted by Crippen LogP contribution is -2.00. The maximum absolute atomic E-state index is 5.46. The van der Waals surface area contributed by atoms with Gasteiger partial charge in [-0.25, -0.2) is 4.68 Å². The van der Waals surface area contributed by atoms with E-state index >= 15 is 0 Å². The van der Waals surface area contributed by atoms with Crippen LogP contribution in [0.15, 0.2) is 0 Å². The van der Waals surface area contributed by atoms with Crippen molar-refractivity contribution >= 4 is 17.1 Å². The van der Waals surface area contributed by atoms with Gasteiger partial charge < -0.3 is 10.5 Å². The molecule has 13 heavy (non-hydrogen) atoms. The largest absolute Gasteiger partial charge is 0.479 e. The molecule has 0 fully saturated rings. The quantitative estimate of drug-likeness (QED) is 0.626. The minimum atomic E-state index is 0.148. The summed E-state index contributed by atoms with van der Waals surface area (Å²) in [5.74, 6) is 0.491. The Morgan fingerprint density at radius 3 is 2.85 bits per heavy atom. The molecule has 0 aliphatic heterocycles. The zero-order valence-electron chi connectivity index (χ0n) is 7.22. The van der Waals surface area contributed by atoms with E-state index in [-0.39, 0.29) is 5.95 Å². The van der Waals surface area contributed by atoms with Gasteiger partial charge in [0.2, 0.25) is 11.8 Å². The fraction of sp³-hybridized carbons (Fsp3) is 0.333. The zero-order chi connectivity index (χ0) is 9.42. The third kappa shape index (κ3) is 1.05. The van der Waals surface area contributed by atoms with Crippen LogP contribution in [0.5, 0.6) is 5.88 Å². The van der Waals surface area contributed by atoms with Crippen molar-refractivity contribution in [2.75, 3.05) is 12.8 Å². The average molecular weight is 180 g/mol. The van der Waals surface area contributed by atoms with E-state index in [4.69, 9.17) is 10.5 Å². The monoisotopic (exact) mass is 180 g/mol. The molecule has 68 valence electrons. The summed E-state index contributed by atoms with van der Waals surface area (Å²) in [7, 11) is 3.22. The number of ether oxygens (including phenoxy) is 1. The lowest BCUT2D eigenvalue weighted by atomic mass is 10.5. The highest BCUT2D eigenvalue weighted by molar-refractivity contribution is 5.76. The molecule has 0 unspecified atom stereocenters. The maximum atomic E-state index is 5.46. The molecule has 2 aromatic heterocycles. The number of rotatable bonds is 1. The Morgan fingerprint density at radius 2 is 2.15 bits per heavy atom. The predicted molar refractivity (Wildman–Crippen MR) is 45.1 cm³/mol. The first-order valence-corrected chi connectivity index (χ1v) is 3.59. The number of nitrogens with zero attached hydrogens (tertiary/aromatic N) is 5. The molecule has 0 aromatic carbocycles. The molecule has 0 amide bonds. The van der Waals surface area contributed by atoms with Crippen LogP contribution in [0.25, 0.3) is 11.2 Å². The van der Waals surface area contributed by atoms with E-state index in [9.17, 15) is 0 Å². The van der Waals surface area contributed by atoms with E-state index in [0.717, 1.165) is 0 Å². The number of hydrogen-bond acceptors (Lipinski definition) is 6. The SMILES string of the molecule is COc1nc(N)nc2c1nnn2C. The second-order valence-corrected chi connectivity index (χ2v) is 2.48. The summed E-state index contributed by atoms with van der Waals surface area (Å²) in [6.07, 6.45) is 0. The highest BCUT2D eigenvalue weighted by Crippen LogP contribution is 2.18.